The molecular weight excluding hydrogens is 425 g/mol. The lowest BCUT2D eigenvalue weighted by Gasteiger charge is -2.32. The average Bonchev–Trinajstić information content (AvgIpc) is 2.85. The maximum absolute atomic E-state index is 14.1. The third-order valence-electron chi connectivity index (χ3n) is 5.95. The zero-order valence-corrected chi connectivity index (χ0v) is 18.7. The van der Waals surface area contributed by atoms with E-state index in [-0.39, 0.29) is 23.3 Å². The smallest absolute Gasteiger partial charge is 0.267 e. The molecule has 8 heteroatoms. The van der Waals surface area contributed by atoms with Gasteiger partial charge in [-0.3, -0.25) is 9.59 Å². The van der Waals surface area contributed by atoms with Crippen LogP contribution in [0.1, 0.15) is 24.4 Å². The van der Waals surface area contributed by atoms with Crippen LogP contribution >= 0.6 is 0 Å². The van der Waals surface area contributed by atoms with E-state index in [2.05, 4.69) is 5.10 Å². The van der Waals surface area contributed by atoms with Crippen molar-refractivity contribution >= 4 is 5.91 Å². The van der Waals surface area contributed by atoms with E-state index < -0.39 is 5.82 Å². The van der Waals surface area contributed by atoms with Gasteiger partial charge in [-0.05, 0) is 54.8 Å². The number of carbonyl (C=O) groups excluding carboxylic acids is 1. The van der Waals surface area contributed by atoms with Crippen molar-refractivity contribution in [3.05, 3.63) is 76.3 Å². The molecule has 0 unspecified atom stereocenters. The molecule has 0 N–H and O–H groups in total. The number of hydrogen-bond donors (Lipinski definition) is 0. The number of amides is 1. The normalized spacial score (nSPS) is 14.2. The average molecular weight is 451 g/mol. The molecule has 2 heterocycles. The Kier molecular flexibility index (Phi) is 6.72. The molecule has 1 amide bonds. The molecule has 0 radical (unpaired) electrons. The Morgan fingerprint density at radius 2 is 1.76 bits per heavy atom. The van der Waals surface area contributed by atoms with Crippen molar-refractivity contribution in [1.82, 2.24) is 14.7 Å². The summed E-state index contributed by atoms with van der Waals surface area (Å²) in [5, 5.41) is 4.50. The number of methoxy groups -OCH3 is 2. The quantitative estimate of drug-likeness (QED) is 0.574. The Morgan fingerprint density at radius 1 is 1.03 bits per heavy atom. The van der Waals surface area contributed by atoms with E-state index in [1.165, 1.54) is 30.0 Å². The number of piperidine rings is 1. The summed E-state index contributed by atoms with van der Waals surface area (Å²) >= 11 is 0. The predicted molar refractivity (Wildman–Crippen MR) is 122 cm³/mol. The van der Waals surface area contributed by atoms with Crippen LogP contribution in [0.15, 0.2) is 59.4 Å². The van der Waals surface area contributed by atoms with E-state index >= 15 is 0 Å². The van der Waals surface area contributed by atoms with Crippen molar-refractivity contribution in [2.75, 3.05) is 27.3 Å². The van der Waals surface area contributed by atoms with Gasteiger partial charge in [0.15, 0.2) is 11.6 Å². The Hall–Kier alpha value is -3.68. The van der Waals surface area contributed by atoms with Gasteiger partial charge in [-0.15, -0.1) is 0 Å². The third kappa shape index (κ3) is 5.05. The molecule has 4 rings (SSSR count). The van der Waals surface area contributed by atoms with E-state index in [0.29, 0.717) is 43.6 Å². The van der Waals surface area contributed by atoms with Crippen molar-refractivity contribution in [1.29, 1.82) is 0 Å². The second kappa shape index (κ2) is 9.85. The fourth-order valence-corrected chi connectivity index (χ4v) is 4.06. The molecule has 1 fully saturated rings. The molecule has 3 aromatic rings. The van der Waals surface area contributed by atoms with Crippen LogP contribution in [0.3, 0.4) is 0 Å². The summed E-state index contributed by atoms with van der Waals surface area (Å²) in [6.07, 6.45) is 1.58. The lowest BCUT2D eigenvalue weighted by Crippen LogP contribution is -2.42. The van der Waals surface area contributed by atoms with Crippen LogP contribution in [0.2, 0.25) is 0 Å². The molecule has 0 atom stereocenters. The van der Waals surface area contributed by atoms with Gasteiger partial charge in [0, 0.05) is 24.7 Å². The standard InChI is InChI=1S/C25H26FN3O4/c1-32-20-6-3-17(4-7-20)15-25(31)28-13-11-19(12-14-28)29-24(30)10-8-22(27-29)18-5-9-23(33-2)21(26)16-18/h3-10,16,19H,11-15H2,1-2H3. The van der Waals surface area contributed by atoms with E-state index in [9.17, 15) is 14.0 Å². The first-order chi connectivity index (χ1) is 16.0. The zero-order valence-electron chi connectivity index (χ0n) is 18.7. The summed E-state index contributed by atoms with van der Waals surface area (Å²) < 4.78 is 25.7. The Balaban J connectivity index is 1.43. The highest BCUT2D eigenvalue weighted by molar-refractivity contribution is 5.78. The highest BCUT2D eigenvalue weighted by Crippen LogP contribution is 2.26. The maximum Gasteiger partial charge on any atom is 0.267 e. The van der Waals surface area contributed by atoms with Gasteiger partial charge in [0.1, 0.15) is 5.75 Å². The molecule has 1 aliphatic rings. The van der Waals surface area contributed by atoms with E-state index in [0.717, 1.165) is 11.3 Å². The second-order valence-corrected chi connectivity index (χ2v) is 7.99. The molecule has 33 heavy (non-hydrogen) atoms. The van der Waals surface area contributed by atoms with Crippen molar-refractivity contribution in [3.63, 3.8) is 0 Å². The lowest BCUT2D eigenvalue weighted by atomic mass is 10.0. The fraction of sp³-hybridized carbons (Fsp3) is 0.320. The van der Waals surface area contributed by atoms with Crippen molar-refractivity contribution in [3.8, 4) is 22.8 Å². The molecule has 0 saturated carbocycles. The summed E-state index contributed by atoms with van der Waals surface area (Å²) in [7, 11) is 3.01. The molecule has 172 valence electrons. The van der Waals surface area contributed by atoms with Crippen molar-refractivity contribution in [2.45, 2.75) is 25.3 Å². The summed E-state index contributed by atoms with van der Waals surface area (Å²) in [6.45, 7) is 1.10. The van der Waals surface area contributed by atoms with Gasteiger partial charge in [-0.25, -0.2) is 9.07 Å². The van der Waals surface area contributed by atoms with Gasteiger partial charge in [0.05, 0.1) is 32.4 Å². The van der Waals surface area contributed by atoms with Crippen LogP contribution in [0.25, 0.3) is 11.3 Å². The Labute approximate surface area is 191 Å². The fourth-order valence-electron chi connectivity index (χ4n) is 4.06. The lowest BCUT2D eigenvalue weighted by molar-refractivity contribution is -0.131. The number of carbonyl (C=O) groups is 1. The van der Waals surface area contributed by atoms with Crippen LogP contribution in [0.5, 0.6) is 11.5 Å². The highest BCUT2D eigenvalue weighted by atomic mass is 19.1. The number of halogens is 1. The highest BCUT2D eigenvalue weighted by Gasteiger charge is 2.25. The van der Waals surface area contributed by atoms with E-state index in [4.69, 9.17) is 9.47 Å². The van der Waals surface area contributed by atoms with E-state index in [1.54, 1.807) is 19.2 Å². The minimum absolute atomic E-state index is 0.0568. The van der Waals surface area contributed by atoms with Gasteiger partial charge in [0.2, 0.25) is 5.91 Å². The van der Waals surface area contributed by atoms with Crippen LogP contribution < -0.4 is 15.0 Å². The molecule has 1 aromatic heterocycles. The molecular formula is C25H26FN3O4. The number of nitrogens with zero attached hydrogens (tertiary/aromatic N) is 3. The first-order valence-electron chi connectivity index (χ1n) is 10.8. The SMILES string of the molecule is COc1ccc(CC(=O)N2CCC(n3nc(-c4ccc(OC)c(F)c4)ccc3=O)CC2)cc1. The van der Waals surface area contributed by atoms with Crippen molar-refractivity contribution in [2.24, 2.45) is 0 Å². The van der Waals surface area contributed by atoms with Gasteiger partial charge in [0.25, 0.3) is 5.56 Å². The minimum atomic E-state index is -0.488. The molecule has 0 bridgehead atoms. The molecule has 0 aliphatic carbocycles. The van der Waals surface area contributed by atoms with Crippen LogP contribution in [0, 0.1) is 5.82 Å². The Bertz CT molecular complexity index is 1190. The topological polar surface area (TPSA) is 73.7 Å². The molecule has 1 aliphatic heterocycles. The molecule has 2 aromatic carbocycles. The third-order valence-corrected chi connectivity index (χ3v) is 5.95. The summed E-state index contributed by atoms with van der Waals surface area (Å²) in [5.74, 6) is 0.475. The Morgan fingerprint density at radius 3 is 2.39 bits per heavy atom. The summed E-state index contributed by atoms with van der Waals surface area (Å²) in [5.41, 5.74) is 1.79. The van der Waals surface area contributed by atoms with Crippen molar-refractivity contribution < 1.29 is 18.7 Å². The number of benzene rings is 2. The molecule has 7 nitrogen and oxygen atoms in total. The number of hydrogen-bond acceptors (Lipinski definition) is 5. The number of ether oxygens (including phenoxy) is 2. The monoisotopic (exact) mass is 451 g/mol. The minimum Gasteiger partial charge on any atom is -0.497 e. The second-order valence-electron chi connectivity index (χ2n) is 7.99. The number of rotatable bonds is 6. The van der Waals surface area contributed by atoms with Gasteiger partial charge >= 0.3 is 0 Å². The van der Waals surface area contributed by atoms with Crippen LogP contribution in [-0.4, -0.2) is 47.9 Å². The predicted octanol–water partition coefficient (Wildman–Crippen LogP) is 3.47. The maximum atomic E-state index is 14.1. The first kappa shape index (κ1) is 22.5. The largest absolute Gasteiger partial charge is 0.497 e. The summed E-state index contributed by atoms with van der Waals surface area (Å²) in [6, 6.07) is 15.0. The van der Waals surface area contributed by atoms with E-state index in [1.807, 2.05) is 29.2 Å². The molecule has 0 spiro atoms. The number of aromatic nitrogens is 2. The number of likely N-dealkylation sites (tertiary alicyclic amines) is 1. The van der Waals surface area contributed by atoms with Crippen LogP contribution in [-0.2, 0) is 11.2 Å². The van der Waals surface area contributed by atoms with Crippen LogP contribution in [0.4, 0.5) is 4.39 Å². The first-order valence-corrected chi connectivity index (χ1v) is 10.8. The van der Waals surface area contributed by atoms with Gasteiger partial charge in [-0.2, -0.15) is 5.10 Å². The summed E-state index contributed by atoms with van der Waals surface area (Å²) in [4.78, 5) is 27.0. The van der Waals surface area contributed by atoms with Gasteiger partial charge < -0.3 is 14.4 Å². The molecule has 1 saturated heterocycles. The zero-order chi connectivity index (χ0) is 23.4. The van der Waals surface area contributed by atoms with Gasteiger partial charge in [-0.1, -0.05) is 12.1 Å².